The van der Waals surface area contributed by atoms with Gasteiger partial charge in [-0.3, -0.25) is 4.99 Å². The quantitative estimate of drug-likeness (QED) is 0.430. The molecule has 19 heavy (non-hydrogen) atoms. The number of aliphatic hydroxyl groups is 1. The van der Waals surface area contributed by atoms with Gasteiger partial charge in [0, 0.05) is 11.1 Å². The number of hydrogen-bond donors (Lipinski definition) is 3. The molecule has 0 spiro atoms. The van der Waals surface area contributed by atoms with Crippen LogP contribution < -0.4 is 11.1 Å². The normalized spacial score (nSPS) is 16.7. The number of guanidine groups is 1. The Morgan fingerprint density at radius 3 is 2.58 bits per heavy atom. The van der Waals surface area contributed by atoms with Gasteiger partial charge in [0.2, 0.25) is 0 Å². The molecule has 0 heterocycles. The second-order valence-corrected chi connectivity index (χ2v) is 5.28. The Balaban J connectivity index is 0.00000180. The van der Waals surface area contributed by atoms with Crippen LogP contribution >= 0.6 is 24.0 Å². The first-order chi connectivity index (χ1) is 8.54. The predicted molar refractivity (Wildman–Crippen MR) is 90.2 cm³/mol. The molecule has 4 nitrogen and oxygen atoms in total. The predicted octanol–water partition coefficient (Wildman–Crippen LogP) is 2.42. The fourth-order valence-corrected chi connectivity index (χ4v) is 1.80. The molecular formula is C14H22IN3O. The summed E-state index contributed by atoms with van der Waals surface area (Å²) in [5, 5.41) is 12.3. The molecule has 0 aliphatic heterocycles. The van der Waals surface area contributed by atoms with Gasteiger partial charge in [0.1, 0.15) is 0 Å². The van der Waals surface area contributed by atoms with Crippen molar-refractivity contribution in [3.63, 3.8) is 0 Å². The van der Waals surface area contributed by atoms with Crippen molar-refractivity contribution >= 4 is 35.6 Å². The number of nitrogens with two attached hydrogens (primary N) is 1. The number of aliphatic imine (C=N–C) groups is 1. The summed E-state index contributed by atoms with van der Waals surface area (Å²) in [5.74, 6) is 0.415. The van der Waals surface area contributed by atoms with Gasteiger partial charge in [-0.15, -0.1) is 24.0 Å². The Kier molecular flexibility index (Phi) is 5.61. The van der Waals surface area contributed by atoms with E-state index in [-0.39, 0.29) is 36.0 Å². The maximum absolute atomic E-state index is 9.20. The van der Waals surface area contributed by atoms with Crippen LogP contribution in [-0.4, -0.2) is 24.2 Å². The van der Waals surface area contributed by atoms with Crippen molar-refractivity contribution in [1.29, 1.82) is 0 Å². The number of nitrogens with zero attached hydrogens (tertiary/aromatic N) is 1. The van der Waals surface area contributed by atoms with E-state index in [2.05, 4.69) is 36.3 Å². The van der Waals surface area contributed by atoms with Crippen LogP contribution in [-0.2, 0) is 0 Å². The number of rotatable bonds is 4. The highest BCUT2D eigenvalue weighted by Gasteiger charge is 2.41. The summed E-state index contributed by atoms with van der Waals surface area (Å²) < 4.78 is 0. The smallest absolute Gasteiger partial charge is 0.193 e. The van der Waals surface area contributed by atoms with Crippen LogP contribution in [0.2, 0.25) is 0 Å². The summed E-state index contributed by atoms with van der Waals surface area (Å²) in [4.78, 5) is 4.30. The standard InChI is InChI=1S/C14H21N3O.HI/c1-10-3-4-12(7-11(10)2)17-13(15)16-8-14(9-18)5-6-14;/h3-4,7,18H,5-6,8-9H2,1-2H3,(H3,15,16,17);1H. The SMILES string of the molecule is Cc1ccc(NC(N)=NCC2(CO)CC2)cc1C.I. The zero-order chi connectivity index (χ0) is 13.2. The first kappa shape index (κ1) is 16.2. The van der Waals surface area contributed by atoms with E-state index in [4.69, 9.17) is 5.73 Å². The maximum atomic E-state index is 9.20. The van der Waals surface area contributed by atoms with E-state index in [1.54, 1.807) is 0 Å². The number of benzene rings is 1. The van der Waals surface area contributed by atoms with E-state index in [9.17, 15) is 5.11 Å². The molecule has 1 aliphatic rings. The molecule has 1 aliphatic carbocycles. The molecule has 0 unspecified atom stereocenters. The number of hydrogen-bond acceptors (Lipinski definition) is 2. The number of nitrogens with one attached hydrogen (secondary N) is 1. The third-order valence-electron chi connectivity index (χ3n) is 3.66. The van der Waals surface area contributed by atoms with Crippen molar-refractivity contribution in [2.45, 2.75) is 26.7 Å². The zero-order valence-corrected chi connectivity index (χ0v) is 13.8. The lowest BCUT2D eigenvalue weighted by molar-refractivity contribution is 0.217. The average molecular weight is 375 g/mol. The Morgan fingerprint density at radius 2 is 2.05 bits per heavy atom. The molecule has 1 aromatic carbocycles. The molecule has 1 fully saturated rings. The van der Waals surface area contributed by atoms with Crippen molar-refractivity contribution in [3.8, 4) is 0 Å². The van der Waals surface area contributed by atoms with Crippen molar-refractivity contribution in [1.82, 2.24) is 0 Å². The van der Waals surface area contributed by atoms with Gasteiger partial charge in [0.15, 0.2) is 5.96 Å². The molecule has 0 saturated heterocycles. The molecule has 4 N–H and O–H groups in total. The molecule has 106 valence electrons. The lowest BCUT2D eigenvalue weighted by atomic mass is 10.1. The van der Waals surface area contributed by atoms with Gasteiger partial charge < -0.3 is 16.2 Å². The fraction of sp³-hybridized carbons (Fsp3) is 0.500. The molecule has 1 aromatic rings. The Bertz CT molecular complexity index is 470. The zero-order valence-electron chi connectivity index (χ0n) is 11.4. The first-order valence-corrected chi connectivity index (χ1v) is 6.30. The van der Waals surface area contributed by atoms with Crippen LogP contribution in [0, 0.1) is 19.3 Å². The molecule has 1 saturated carbocycles. The van der Waals surface area contributed by atoms with Gasteiger partial charge in [-0.05, 0) is 49.9 Å². The summed E-state index contributed by atoms with van der Waals surface area (Å²) in [6.45, 7) is 4.95. The summed E-state index contributed by atoms with van der Waals surface area (Å²) in [5.41, 5.74) is 9.28. The second-order valence-electron chi connectivity index (χ2n) is 5.28. The van der Waals surface area contributed by atoms with Gasteiger partial charge in [-0.25, -0.2) is 0 Å². The lowest BCUT2D eigenvalue weighted by Crippen LogP contribution is -2.24. The number of aliphatic hydroxyl groups excluding tert-OH is 1. The van der Waals surface area contributed by atoms with Crippen LogP contribution in [0.25, 0.3) is 0 Å². The minimum atomic E-state index is 0. The Labute approximate surface area is 131 Å². The Morgan fingerprint density at radius 1 is 1.37 bits per heavy atom. The van der Waals surface area contributed by atoms with Crippen molar-refractivity contribution in [2.24, 2.45) is 16.1 Å². The maximum Gasteiger partial charge on any atom is 0.193 e. The molecule has 0 aromatic heterocycles. The topological polar surface area (TPSA) is 70.6 Å². The summed E-state index contributed by atoms with van der Waals surface area (Å²) in [6.07, 6.45) is 2.09. The summed E-state index contributed by atoms with van der Waals surface area (Å²) >= 11 is 0. The van der Waals surface area contributed by atoms with E-state index in [1.165, 1.54) is 11.1 Å². The van der Waals surface area contributed by atoms with Crippen LogP contribution in [0.5, 0.6) is 0 Å². The fourth-order valence-electron chi connectivity index (χ4n) is 1.80. The summed E-state index contributed by atoms with van der Waals surface area (Å²) in [6, 6.07) is 6.10. The van der Waals surface area contributed by atoms with Crippen molar-refractivity contribution < 1.29 is 5.11 Å². The van der Waals surface area contributed by atoms with Crippen LogP contribution in [0.1, 0.15) is 24.0 Å². The van der Waals surface area contributed by atoms with E-state index < -0.39 is 0 Å². The third kappa shape index (κ3) is 4.35. The van der Waals surface area contributed by atoms with Crippen LogP contribution in [0.4, 0.5) is 5.69 Å². The minimum absolute atomic E-state index is 0. The molecule has 2 rings (SSSR count). The van der Waals surface area contributed by atoms with Gasteiger partial charge in [-0.2, -0.15) is 0 Å². The molecule has 0 amide bonds. The lowest BCUT2D eigenvalue weighted by Gasteiger charge is -2.10. The largest absolute Gasteiger partial charge is 0.396 e. The summed E-state index contributed by atoms with van der Waals surface area (Å²) in [7, 11) is 0. The van der Waals surface area contributed by atoms with E-state index in [1.807, 2.05) is 6.07 Å². The highest BCUT2D eigenvalue weighted by Crippen LogP contribution is 2.45. The third-order valence-corrected chi connectivity index (χ3v) is 3.66. The second kappa shape index (κ2) is 6.56. The van der Waals surface area contributed by atoms with E-state index >= 15 is 0 Å². The highest BCUT2D eigenvalue weighted by atomic mass is 127. The number of anilines is 1. The first-order valence-electron chi connectivity index (χ1n) is 6.30. The van der Waals surface area contributed by atoms with Gasteiger partial charge in [0.05, 0.1) is 13.2 Å². The van der Waals surface area contributed by atoms with E-state index in [0.717, 1.165) is 18.5 Å². The molecular weight excluding hydrogens is 353 g/mol. The molecule has 0 bridgehead atoms. The number of aryl methyl sites for hydroxylation is 2. The monoisotopic (exact) mass is 375 g/mol. The van der Waals surface area contributed by atoms with Gasteiger partial charge >= 0.3 is 0 Å². The van der Waals surface area contributed by atoms with E-state index in [0.29, 0.717) is 12.5 Å². The average Bonchev–Trinajstić information content (AvgIpc) is 3.12. The minimum Gasteiger partial charge on any atom is -0.396 e. The number of halogens is 1. The molecule has 5 heteroatoms. The van der Waals surface area contributed by atoms with Crippen LogP contribution in [0.15, 0.2) is 23.2 Å². The van der Waals surface area contributed by atoms with Gasteiger partial charge in [0.25, 0.3) is 0 Å². The van der Waals surface area contributed by atoms with Gasteiger partial charge in [-0.1, -0.05) is 6.07 Å². The Hall–Kier alpha value is -0.820. The van der Waals surface area contributed by atoms with Crippen LogP contribution in [0.3, 0.4) is 0 Å². The van der Waals surface area contributed by atoms with Crippen molar-refractivity contribution in [2.75, 3.05) is 18.5 Å². The molecule has 0 atom stereocenters. The molecule has 0 radical (unpaired) electrons. The van der Waals surface area contributed by atoms with Crippen molar-refractivity contribution in [3.05, 3.63) is 29.3 Å². The highest BCUT2D eigenvalue weighted by molar-refractivity contribution is 14.0.